The SMILES string of the molecule is CC1CC[C@H](C(N)=O)C1C. The van der Waals surface area contributed by atoms with Crippen molar-refractivity contribution in [2.75, 3.05) is 0 Å². The Balaban J connectivity index is 2.57. The molecule has 0 bridgehead atoms. The van der Waals surface area contributed by atoms with E-state index in [1.165, 1.54) is 0 Å². The predicted octanol–water partition coefficient (Wildman–Crippen LogP) is 1.15. The van der Waals surface area contributed by atoms with E-state index >= 15 is 0 Å². The molecule has 10 heavy (non-hydrogen) atoms. The van der Waals surface area contributed by atoms with E-state index in [4.69, 9.17) is 5.73 Å². The highest BCUT2D eigenvalue weighted by molar-refractivity contribution is 5.77. The van der Waals surface area contributed by atoms with Crippen LogP contribution in [0.3, 0.4) is 0 Å². The maximum absolute atomic E-state index is 10.8. The van der Waals surface area contributed by atoms with Crippen molar-refractivity contribution in [3.63, 3.8) is 0 Å². The largest absolute Gasteiger partial charge is 0.369 e. The highest BCUT2D eigenvalue weighted by atomic mass is 16.1. The van der Waals surface area contributed by atoms with Crippen LogP contribution in [0.1, 0.15) is 26.7 Å². The van der Waals surface area contributed by atoms with Gasteiger partial charge in [0.15, 0.2) is 0 Å². The lowest BCUT2D eigenvalue weighted by Gasteiger charge is -2.13. The first kappa shape index (κ1) is 7.58. The molecule has 1 aliphatic carbocycles. The molecule has 1 fully saturated rings. The van der Waals surface area contributed by atoms with Crippen molar-refractivity contribution in [2.24, 2.45) is 23.5 Å². The molecular weight excluding hydrogens is 126 g/mol. The second kappa shape index (κ2) is 2.60. The summed E-state index contributed by atoms with van der Waals surface area (Å²) in [5.41, 5.74) is 5.21. The Hall–Kier alpha value is -0.530. The monoisotopic (exact) mass is 141 g/mol. The minimum absolute atomic E-state index is 0.114. The first-order valence-corrected chi connectivity index (χ1v) is 3.92. The average Bonchev–Trinajstić information content (AvgIpc) is 2.14. The Labute approximate surface area is 61.8 Å². The Morgan fingerprint density at radius 3 is 2.20 bits per heavy atom. The Morgan fingerprint density at radius 2 is 2.00 bits per heavy atom. The van der Waals surface area contributed by atoms with E-state index in [0.29, 0.717) is 11.8 Å². The van der Waals surface area contributed by atoms with Crippen molar-refractivity contribution in [1.82, 2.24) is 0 Å². The second-order valence-electron chi connectivity index (χ2n) is 3.42. The minimum Gasteiger partial charge on any atom is -0.369 e. The minimum atomic E-state index is -0.114. The first-order valence-electron chi connectivity index (χ1n) is 3.92. The van der Waals surface area contributed by atoms with E-state index in [0.717, 1.165) is 12.8 Å². The normalized spacial score (nSPS) is 40.0. The van der Waals surface area contributed by atoms with Crippen LogP contribution in [0.25, 0.3) is 0 Å². The quantitative estimate of drug-likeness (QED) is 0.585. The Kier molecular flexibility index (Phi) is 1.97. The standard InChI is InChI=1S/C8H15NO/c1-5-3-4-7(6(5)2)8(9)10/h5-7H,3-4H2,1-2H3,(H2,9,10)/t5?,6?,7-/m0/s1. The van der Waals surface area contributed by atoms with Crippen molar-refractivity contribution in [3.05, 3.63) is 0 Å². The summed E-state index contributed by atoms with van der Waals surface area (Å²) < 4.78 is 0. The van der Waals surface area contributed by atoms with Crippen molar-refractivity contribution in [2.45, 2.75) is 26.7 Å². The van der Waals surface area contributed by atoms with E-state index < -0.39 is 0 Å². The molecule has 1 amide bonds. The van der Waals surface area contributed by atoms with Gasteiger partial charge in [0.2, 0.25) is 5.91 Å². The lowest BCUT2D eigenvalue weighted by Crippen LogP contribution is -2.26. The molecule has 0 spiro atoms. The number of primary amides is 1. The van der Waals surface area contributed by atoms with Crippen LogP contribution < -0.4 is 5.73 Å². The molecule has 2 unspecified atom stereocenters. The molecule has 2 nitrogen and oxygen atoms in total. The van der Waals surface area contributed by atoms with E-state index in [-0.39, 0.29) is 11.8 Å². The zero-order valence-corrected chi connectivity index (χ0v) is 6.63. The fraction of sp³-hybridized carbons (Fsp3) is 0.875. The van der Waals surface area contributed by atoms with Crippen molar-refractivity contribution >= 4 is 5.91 Å². The van der Waals surface area contributed by atoms with Gasteiger partial charge in [-0.15, -0.1) is 0 Å². The maximum Gasteiger partial charge on any atom is 0.220 e. The molecule has 0 aromatic carbocycles. The third-order valence-electron chi connectivity index (χ3n) is 2.83. The Bertz CT molecular complexity index is 144. The summed E-state index contributed by atoms with van der Waals surface area (Å²) in [7, 11) is 0. The van der Waals surface area contributed by atoms with Gasteiger partial charge in [-0.3, -0.25) is 4.79 Å². The van der Waals surface area contributed by atoms with Gasteiger partial charge in [-0.05, 0) is 24.7 Å². The summed E-state index contributed by atoms with van der Waals surface area (Å²) in [4.78, 5) is 10.8. The van der Waals surface area contributed by atoms with Crippen LogP contribution in [-0.4, -0.2) is 5.91 Å². The van der Waals surface area contributed by atoms with Gasteiger partial charge in [-0.2, -0.15) is 0 Å². The zero-order valence-electron chi connectivity index (χ0n) is 6.63. The molecule has 2 heteroatoms. The van der Waals surface area contributed by atoms with Gasteiger partial charge in [-0.1, -0.05) is 13.8 Å². The summed E-state index contributed by atoms with van der Waals surface area (Å²) >= 11 is 0. The molecule has 0 radical (unpaired) electrons. The smallest absolute Gasteiger partial charge is 0.220 e. The third-order valence-corrected chi connectivity index (χ3v) is 2.83. The maximum atomic E-state index is 10.8. The molecule has 0 aromatic heterocycles. The molecule has 2 N–H and O–H groups in total. The molecule has 0 saturated heterocycles. The van der Waals surface area contributed by atoms with Crippen molar-refractivity contribution < 1.29 is 4.79 Å². The van der Waals surface area contributed by atoms with Crippen LogP contribution in [0.15, 0.2) is 0 Å². The molecular formula is C8H15NO. The molecule has 1 saturated carbocycles. The lowest BCUT2D eigenvalue weighted by atomic mass is 9.92. The summed E-state index contributed by atoms with van der Waals surface area (Å²) in [5.74, 6) is 1.21. The number of carbonyl (C=O) groups excluding carboxylic acids is 1. The van der Waals surface area contributed by atoms with Gasteiger partial charge in [-0.25, -0.2) is 0 Å². The van der Waals surface area contributed by atoms with Crippen LogP contribution in [-0.2, 0) is 4.79 Å². The van der Waals surface area contributed by atoms with Gasteiger partial charge < -0.3 is 5.73 Å². The number of rotatable bonds is 1. The van der Waals surface area contributed by atoms with Gasteiger partial charge in [0, 0.05) is 5.92 Å². The van der Waals surface area contributed by atoms with Gasteiger partial charge >= 0.3 is 0 Å². The fourth-order valence-corrected chi connectivity index (χ4v) is 1.77. The average molecular weight is 141 g/mol. The van der Waals surface area contributed by atoms with E-state index in [1.807, 2.05) is 0 Å². The zero-order chi connectivity index (χ0) is 7.72. The second-order valence-corrected chi connectivity index (χ2v) is 3.42. The summed E-state index contributed by atoms with van der Waals surface area (Å²) in [6.45, 7) is 4.31. The van der Waals surface area contributed by atoms with Crippen LogP contribution >= 0.6 is 0 Å². The molecule has 0 aromatic rings. The number of carbonyl (C=O) groups is 1. The van der Waals surface area contributed by atoms with Crippen molar-refractivity contribution in [1.29, 1.82) is 0 Å². The highest BCUT2D eigenvalue weighted by Gasteiger charge is 2.33. The van der Waals surface area contributed by atoms with Crippen LogP contribution in [0.5, 0.6) is 0 Å². The molecule has 1 rings (SSSR count). The highest BCUT2D eigenvalue weighted by Crippen LogP contribution is 2.35. The van der Waals surface area contributed by atoms with Crippen molar-refractivity contribution in [3.8, 4) is 0 Å². The Morgan fingerprint density at radius 1 is 1.40 bits per heavy atom. The predicted molar refractivity (Wildman–Crippen MR) is 40.2 cm³/mol. The lowest BCUT2D eigenvalue weighted by molar-refractivity contribution is -0.122. The molecule has 0 heterocycles. The topological polar surface area (TPSA) is 43.1 Å². The van der Waals surface area contributed by atoms with E-state index in [9.17, 15) is 4.79 Å². The number of nitrogens with two attached hydrogens (primary N) is 1. The fourth-order valence-electron chi connectivity index (χ4n) is 1.77. The van der Waals surface area contributed by atoms with Gasteiger partial charge in [0.1, 0.15) is 0 Å². The van der Waals surface area contributed by atoms with Crippen LogP contribution in [0, 0.1) is 17.8 Å². The molecule has 0 aliphatic heterocycles. The summed E-state index contributed by atoms with van der Waals surface area (Å²) in [6, 6.07) is 0. The van der Waals surface area contributed by atoms with Crippen LogP contribution in [0.4, 0.5) is 0 Å². The summed E-state index contributed by atoms with van der Waals surface area (Å²) in [5, 5.41) is 0. The molecule has 3 atom stereocenters. The third kappa shape index (κ3) is 1.15. The van der Waals surface area contributed by atoms with Gasteiger partial charge in [0.05, 0.1) is 0 Å². The van der Waals surface area contributed by atoms with Gasteiger partial charge in [0.25, 0.3) is 0 Å². The number of hydrogen-bond donors (Lipinski definition) is 1. The molecule has 1 aliphatic rings. The number of hydrogen-bond acceptors (Lipinski definition) is 1. The van der Waals surface area contributed by atoms with E-state index in [1.54, 1.807) is 0 Å². The number of amides is 1. The van der Waals surface area contributed by atoms with Crippen LogP contribution in [0.2, 0.25) is 0 Å². The first-order chi connectivity index (χ1) is 4.63. The summed E-state index contributed by atoms with van der Waals surface area (Å²) in [6.07, 6.45) is 2.16. The molecule has 58 valence electrons. The van der Waals surface area contributed by atoms with E-state index in [2.05, 4.69) is 13.8 Å².